The maximum Gasteiger partial charge on any atom is 0.258 e. The van der Waals surface area contributed by atoms with Crippen LogP contribution < -0.4 is 0 Å². The average Bonchev–Trinajstić information content (AvgIpc) is 2.92. The molecule has 5 nitrogen and oxygen atoms in total. The van der Waals surface area contributed by atoms with E-state index in [9.17, 15) is 10.1 Å². The van der Waals surface area contributed by atoms with Gasteiger partial charge in [-0.05, 0) is 30.9 Å². The fourth-order valence-electron chi connectivity index (χ4n) is 2.92. The van der Waals surface area contributed by atoms with Crippen LogP contribution in [-0.2, 0) is 7.05 Å². The molecule has 1 atom stereocenters. The Labute approximate surface area is 143 Å². The number of rotatable bonds is 5. The van der Waals surface area contributed by atoms with Gasteiger partial charge in [0.25, 0.3) is 5.91 Å². The number of aryl methyl sites for hydroxylation is 2. The Bertz CT molecular complexity index is 770. The van der Waals surface area contributed by atoms with Crippen molar-refractivity contribution in [3.05, 3.63) is 52.8 Å². The van der Waals surface area contributed by atoms with E-state index in [0.717, 1.165) is 11.1 Å². The largest absolute Gasteiger partial charge is 0.331 e. The Morgan fingerprint density at radius 2 is 2.00 bits per heavy atom. The quantitative estimate of drug-likeness (QED) is 0.846. The van der Waals surface area contributed by atoms with Gasteiger partial charge in [-0.2, -0.15) is 10.4 Å². The first-order chi connectivity index (χ1) is 11.4. The van der Waals surface area contributed by atoms with Gasteiger partial charge in [-0.3, -0.25) is 9.48 Å². The summed E-state index contributed by atoms with van der Waals surface area (Å²) < 4.78 is 1.44. The molecule has 126 valence electrons. The maximum absolute atomic E-state index is 13.1. The van der Waals surface area contributed by atoms with Crippen LogP contribution in [0, 0.1) is 24.2 Å². The average molecular weight is 324 g/mol. The van der Waals surface area contributed by atoms with Gasteiger partial charge in [0, 0.05) is 13.6 Å². The van der Waals surface area contributed by atoms with Crippen LogP contribution in [0.5, 0.6) is 0 Å². The molecule has 1 aromatic heterocycles. The molecule has 1 amide bonds. The maximum atomic E-state index is 13.1. The van der Waals surface area contributed by atoms with Crippen LogP contribution in [0.3, 0.4) is 0 Å². The third kappa shape index (κ3) is 3.48. The number of amides is 1. The van der Waals surface area contributed by atoms with Crippen LogP contribution in [0.15, 0.2) is 30.5 Å². The smallest absolute Gasteiger partial charge is 0.258 e. The first kappa shape index (κ1) is 17.7. The van der Waals surface area contributed by atoms with Gasteiger partial charge in [-0.1, -0.05) is 38.1 Å². The van der Waals surface area contributed by atoms with Gasteiger partial charge < -0.3 is 4.90 Å². The summed E-state index contributed by atoms with van der Waals surface area (Å²) in [5.41, 5.74) is 2.93. The van der Waals surface area contributed by atoms with Crippen molar-refractivity contribution in [3.63, 3.8) is 0 Å². The second kappa shape index (κ2) is 7.31. The Morgan fingerprint density at radius 1 is 1.33 bits per heavy atom. The van der Waals surface area contributed by atoms with Crippen molar-refractivity contribution in [2.75, 3.05) is 6.54 Å². The molecule has 24 heavy (non-hydrogen) atoms. The molecule has 5 heteroatoms. The van der Waals surface area contributed by atoms with Crippen molar-refractivity contribution in [1.29, 1.82) is 5.26 Å². The third-order valence-corrected chi connectivity index (χ3v) is 4.20. The predicted molar refractivity (Wildman–Crippen MR) is 93.4 cm³/mol. The number of hydrogen-bond donors (Lipinski definition) is 0. The van der Waals surface area contributed by atoms with E-state index in [0.29, 0.717) is 23.7 Å². The highest BCUT2D eigenvalue weighted by Gasteiger charge is 2.27. The Balaban J connectivity index is 2.43. The Hall–Kier alpha value is -2.61. The van der Waals surface area contributed by atoms with Crippen LogP contribution in [0.4, 0.5) is 0 Å². The number of nitriles is 1. The number of carbonyl (C=O) groups excluding carboxylic acids is 1. The van der Waals surface area contributed by atoms with Gasteiger partial charge in [0.05, 0.1) is 17.8 Å². The zero-order chi connectivity index (χ0) is 17.9. The van der Waals surface area contributed by atoms with Gasteiger partial charge in [-0.15, -0.1) is 0 Å². The molecule has 0 fully saturated rings. The van der Waals surface area contributed by atoms with Gasteiger partial charge in [-0.25, -0.2) is 0 Å². The Kier molecular flexibility index (Phi) is 5.40. The van der Waals surface area contributed by atoms with E-state index in [1.54, 1.807) is 7.05 Å². The standard InChI is InChI=1S/C19H24N4O/c1-13(2)12-23(15(4)16-9-7-6-8-14(16)3)19(24)17-11-21-22(5)18(17)10-20/h6-9,11,13,15H,12H2,1-5H3. The Morgan fingerprint density at radius 3 is 2.58 bits per heavy atom. The van der Waals surface area contributed by atoms with Gasteiger partial charge in [0.1, 0.15) is 6.07 Å². The summed E-state index contributed by atoms with van der Waals surface area (Å²) in [5.74, 6) is 0.173. The fraction of sp³-hybridized carbons (Fsp3) is 0.421. The van der Waals surface area contributed by atoms with Crippen LogP contribution >= 0.6 is 0 Å². The van der Waals surface area contributed by atoms with Crippen LogP contribution in [0.25, 0.3) is 0 Å². The molecule has 1 heterocycles. The fourth-order valence-corrected chi connectivity index (χ4v) is 2.92. The van der Waals surface area contributed by atoms with E-state index in [4.69, 9.17) is 0 Å². The summed E-state index contributed by atoms with van der Waals surface area (Å²) in [7, 11) is 1.67. The topological polar surface area (TPSA) is 61.9 Å². The lowest BCUT2D eigenvalue weighted by molar-refractivity contribution is 0.0664. The number of carbonyl (C=O) groups is 1. The monoisotopic (exact) mass is 324 g/mol. The second-order valence-electron chi connectivity index (χ2n) is 6.53. The summed E-state index contributed by atoms with van der Waals surface area (Å²) in [6.07, 6.45) is 1.48. The molecule has 0 aliphatic carbocycles. The summed E-state index contributed by atoms with van der Waals surface area (Å²) in [6, 6.07) is 10.1. The predicted octanol–water partition coefficient (Wildman–Crippen LogP) is 3.46. The number of nitrogens with zero attached hydrogens (tertiary/aromatic N) is 4. The molecule has 1 aromatic carbocycles. The minimum Gasteiger partial charge on any atom is -0.331 e. The minimum absolute atomic E-state index is 0.0761. The zero-order valence-corrected chi connectivity index (χ0v) is 14.9. The van der Waals surface area contributed by atoms with E-state index in [1.807, 2.05) is 24.0 Å². The van der Waals surface area contributed by atoms with Crippen molar-refractivity contribution in [3.8, 4) is 6.07 Å². The molecule has 0 aliphatic heterocycles. The summed E-state index contributed by atoms with van der Waals surface area (Å²) in [4.78, 5) is 15.0. The molecule has 1 unspecified atom stereocenters. The summed E-state index contributed by atoms with van der Waals surface area (Å²) >= 11 is 0. The van der Waals surface area contributed by atoms with Gasteiger partial charge in [0.15, 0.2) is 5.69 Å². The summed E-state index contributed by atoms with van der Waals surface area (Å²) in [5, 5.41) is 13.4. The molecule has 2 aromatic rings. The molecular formula is C19H24N4O. The normalized spacial score (nSPS) is 12.0. The molecule has 0 spiro atoms. The molecule has 0 N–H and O–H groups in total. The molecule has 0 bridgehead atoms. The van der Waals surface area contributed by atoms with E-state index >= 15 is 0 Å². The molecular weight excluding hydrogens is 300 g/mol. The molecule has 0 radical (unpaired) electrons. The minimum atomic E-state index is -0.149. The lowest BCUT2D eigenvalue weighted by Crippen LogP contribution is -2.37. The van der Waals surface area contributed by atoms with E-state index in [1.165, 1.54) is 10.9 Å². The number of benzene rings is 1. The van der Waals surface area contributed by atoms with E-state index < -0.39 is 0 Å². The molecule has 0 saturated carbocycles. The van der Waals surface area contributed by atoms with E-state index in [-0.39, 0.29) is 11.9 Å². The molecule has 0 aliphatic rings. The van der Waals surface area contributed by atoms with Crippen molar-refractivity contribution >= 4 is 5.91 Å². The highest BCUT2D eigenvalue weighted by Crippen LogP contribution is 2.26. The van der Waals surface area contributed by atoms with Gasteiger partial charge >= 0.3 is 0 Å². The molecule has 2 rings (SSSR count). The number of hydrogen-bond acceptors (Lipinski definition) is 3. The highest BCUT2D eigenvalue weighted by molar-refractivity contribution is 5.96. The SMILES string of the molecule is Cc1ccccc1C(C)N(CC(C)C)C(=O)c1cnn(C)c1C#N. The lowest BCUT2D eigenvalue weighted by atomic mass is 9.99. The first-order valence-electron chi connectivity index (χ1n) is 8.15. The highest BCUT2D eigenvalue weighted by atomic mass is 16.2. The van der Waals surface area contributed by atoms with Crippen LogP contribution in [0.2, 0.25) is 0 Å². The lowest BCUT2D eigenvalue weighted by Gasteiger charge is -2.32. The van der Waals surface area contributed by atoms with Gasteiger partial charge in [0.2, 0.25) is 0 Å². The van der Waals surface area contributed by atoms with E-state index in [2.05, 4.69) is 44.1 Å². The second-order valence-corrected chi connectivity index (χ2v) is 6.53. The van der Waals surface area contributed by atoms with Crippen molar-refractivity contribution in [2.45, 2.75) is 33.7 Å². The van der Waals surface area contributed by atoms with Crippen molar-refractivity contribution in [2.24, 2.45) is 13.0 Å². The van der Waals surface area contributed by atoms with Crippen LogP contribution in [-0.4, -0.2) is 27.1 Å². The van der Waals surface area contributed by atoms with Crippen molar-refractivity contribution in [1.82, 2.24) is 14.7 Å². The third-order valence-electron chi connectivity index (χ3n) is 4.20. The van der Waals surface area contributed by atoms with Crippen LogP contribution in [0.1, 0.15) is 54.0 Å². The first-order valence-corrected chi connectivity index (χ1v) is 8.15. The number of aromatic nitrogens is 2. The zero-order valence-electron chi connectivity index (χ0n) is 14.9. The van der Waals surface area contributed by atoms with Crippen molar-refractivity contribution < 1.29 is 4.79 Å². The molecule has 0 saturated heterocycles. The summed E-state index contributed by atoms with van der Waals surface area (Å²) in [6.45, 7) is 8.87.